The molecule has 0 radical (unpaired) electrons. The molecule has 1 amide bonds. The van der Waals surface area contributed by atoms with E-state index in [0.717, 1.165) is 31.4 Å². The molecule has 1 unspecified atom stereocenters. The van der Waals surface area contributed by atoms with E-state index < -0.39 is 0 Å². The first-order valence-corrected chi connectivity index (χ1v) is 8.59. The molecule has 1 aromatic heterocycles. The minimum atomic E-state index is 0.224. The largest absolute Gasteiger partial charge is 0.340 e. The van der Waals surface area contributed by atoms with Crippen LogP contribution in [0.4, 0.5) is 0 Å². The van der Waals surface area contributed by atoms with Crippen molar-refractivity contribution in [1.82, 2.24) is 15.1 Å². The molecule has 2 aromatic rings. The summed E-state index contributed by atoms with van der Waals surface area (Å²) in [5.74, 6) is 0.604. The number of nitrogens with zero attached hydrogens (tertiary/aromatic N) is 2. The van der Waals surface area contributed by atoms with E-state index in [9.17, 15) is 4.79 Å². The molecule has 23 heavy (non-hydrogen) atoms. The second-order valence-corrected chi connectivity index (χ2v) is 6.87. The molecular weight excluding hydrogens is 286 g/mol. The number of aromatic nitrogens is 2. The summed E-state index contributed by atoms with van der Waals surface area (Å²) >= 11 is 0. The highest BCUT2D eigenvalue weighted by Gasteiger charge is 2.26. The van der Waals surface area contributed by atoms with E-state index in [0.29, 0.717) is 18.9 Å². The van der Waals surface area contributed by atoms with Crippen LogP contribution in [0.1, 0.15) is 53.3 Å². The van der Waals surface area contributed by atoms with Gasteiger partial charge in [-0.15, -0.1) is 0 Å². The number of amides is 1. The van der Waals surface area contributed by atoms with Crippen molar-refractivity contribution in [3.05, 3.63) is 52.3 Å². The maximum atomic E-state index is 12.6. The van der Waals surface area contributed by atoms with Gasteiger partial charge in [0, 0.05) is 19.2 Å². The van der Waals surface area contributed by atoms with Gasteiger partial charge in [-0.2, -0.15) is 5.10 Å². The maximum absolute atomic E-state index is 12.6. The summed E-state index contributed by atoms with van der Waals surface area (Å²) in [6.45, 7) is 0.624. The Kier molecular flexibility index (Phi) is 3.68. The third kappa shape index (κ3) is 2.67. The van der Waals surface area contributed by atoms with Crippen molar-refractivity contribution < 1.29 is 4.79 Å². The Hall–Kier alpha value is -2.10. The molecule has 4 heteroatoms. The first kappa shape index (κ1) is 14.5. The van der Waals surface area contributed by atoms with E-state index in [4.69, 9.17) is 0 Å². The number of carbonyl (C=O) groups is 1. The summed E-state index contributed by atoms with van der Waals surface area (Å²) in [6, 6.07) is 8.54. The Labute approximate surface area is 136 Å². The number of nitrogens with one attached hydrogen (secondary N) is 1. The Balaban J connectivity index is 1.41. The maximum Gasteiger partial charge on any atom is 0.223 e. The lowest BCUT2D eigenvalue weighted by molar-refractivity contribution is -0.130. The fourth-order valence-corrected chi connectivity index (χ4v) is 4.06. The summed E-state index contributed by atoms with van der Waals surface area (Å²) in [4.78, 5) is 14.5. The van der Waals surface area contributed by atoms with Crippen LogP contribution in [0.25, 0.3) is 0 Å². The third-order valence-electron chi connectivity index (χ3n) is 5.38. The third-order valence-corrected chi connectivity index (χ3v) is 5.38. The van der Waals surface area contributed by atoms with Gasteiger partial charge in [-0.3, -0.25) is 9.89 Å². The van der Waals surface area contributed by atoms with E-state index in [1.54, 1.807) is 0 Å². The fourth-order valence-electron chi connectivity index (χ4n) is 4.06. The molecular formula is C19H23N3O. The molecule has 2 aliphatic carbocycles. The molecule has 1 atom stereocenters. The van der Waals surface area contributed by atoms with Gasteiger partial charge in [0.25, 0.3) is 0 Å². The summed E-state index contributed by atoms with van der Waals surface area (Å²) < 4.78 is 0. The molecule has 1 aromatic carbocycles. The van der Waals surface area contributed by atoms with Gasteiger partial charge in [0.15, 0.2) is 0 Å². The van der Waals surface area contributed by atoms with Crippen molar-refractivity contribution in [3.63, 3.8) is 0 Å². The SMILES string of the molecule is CN(Cc1n[nH]c2c1CCC2)C(=O)CC1CCc2ccccc21. The van der Waals surface area contributed by atoms with E-state index in [-0.39, 0.29) is 5.91 Å². The lowest BCUT2D eigenvalue weighted by Crippen LogP contribution is -2.27. The molecule has 0 saturated heterocycles. The summed E-state index contributed by atoms with van der Waals surface area (Å²) in [7, 11) is 1.90. The van der Waals surface area contributed by atoms with Crippen LogP contribution >= 0.6 is 0 Å². The highest BCUT2D eigenvalue weighted by atomic mass is 16.2. The van der Waals surface area contributed by atoms with Gasteiger partial charge < -0.3 is 4.90 Å². The Morgan fingerprint density at radius 1 is 1.30 bits per heavy atom. The normalized spacial score (nSPS) is 18.7. The van der Waals surface area contributed by atoms with Crippen molar-refractivity contribution >= 4 is 5.91 Å². The van der Waals surface area contributed by atoms with Crippen molar-refractivity contribution in [2.75, 3.05) is 7.05 Å². The van der Waals surface area contributed by atoms with Gasteiger partial charge in [0.05, 0.1) is 12.2 Å². The fraction of sp³-hybridized carbons (Fsp3) is 0.474. The van der Waals surface area contributed by atoms with Crippen molar-refractivity contribution in [2.45, 2.75) is 51.0 Å². The zero-order chi connectivity index (χ0) is 15.8. The van der Waals surface area contributed by atoms with Gasteiger partial charge in [0.1, 0.15) is 0 Å². The number of carbonyl (C=O) groups excluding carboxylic acids is 1. The monoisotopic (exact) mass is 309 g/mol. The van der Waals surface area contributed by atoms with Gasteiger partial charge in [0.2, 0.25) is 5.91 Å². The van der Waals surface area contributed by atoms with Crippen LogP contribution < -0.4 is 0 Å². The molecule has 0 fully saturated rings. The molecule has 0 spiro atoms. The zero-order valence-corrected chi connectivity index (χ0v) is 13.6. The van der Waals surface area contributed by atoms with Crippen LogP contribution in [0.3, 0.4) is 0 Å². The Bertz CT molecular complexity index is 734. The average molecular weight is 309 g/mol. The summed E-state index contributed by atoms with van der Waals surface area (Å²) in [5.41, 5.74) is 6.45. The number of aryl methyl sites for hydroxylation is 2. The highest BCUT2D eigenvalue weighted by Crippen LogP contribution is 2.35. The Morgan fingerprint density at radius 3 is 3.09 bits per heavy atom. The van der Waals surface area contributed by atoms with Crippen LogP contribution in [-0.4, -0.2) is 28.1 Å². The van der Waals surface area contributed by atoms with Crippen LogP contribution in [0, 0.1) is 0 Å². The van der Waals surface area contributed by atoms with Crippen LogP contribution in [-0.2, 0) is 30.6 Å². The summed E-state index contributed by atoms with van der Waals surface area (Å²) in [5, 5.41) is 7.54. The van der Waals surface area contributed by atoms with E-state index in [2.05, 4.69) is 34.5 Å². The smallest absolute Gasteiger partial charge is 0.223 e. The quantitative estimate of drug-likeness (QED) is 0.944. The van der Waals surface area contributed by atoms with Gasteiger partial charge >= 0.3 is 0 Å². The van der Waals surface area contributed by atoms with Gasteiger partial charge in [-0.1, -0.05) is 24.3 Å². The number of H-pyrrole nitrogens is 1. The van der Waals surface area contributed by atoms with Crippen molar-refractivity contribution in [2.24, 2.45) is 0 Å². The van der Waals surface area contributed by atoms with Crippen LogP contribution in [0.2, 0.25) is 0 Å². The number of hydrogen-bond donors (Lipinski definition) is 1. The molecule has 2 aliphatic rings. The number of hydrogen-bond acceptors (Lipinski definition) is 2. The predicted octanol–water partition coefficient (Wildman–Crippen LogP) is 2.98. The lowest BCUT2D eigenvalue weighted by Gasteiger charge is -2.19. The number of aromatic amines is 1. The minimum absolute atomic E-state index is 0.224. The van der Waals surface area contributed by atoms with E-state index in [1.165, 1.54) is 28.8 Å². The molecule has 1 heterocycles. The van der Waals surface area contributed by atoms with Crippen molar-refractivity contribution in [3.8, 4) is 0 Å². The van der Waals surface area contributed by atoms with Crippen molar-refractivity contribution in [1.29, 1.82) is 0 Å². The molecule has 120 valence electrons. The minimum Gasteiger partial charge on any atom is -0.340 e. The first-order chi connectivity index (χ1) is 11.2. The Morgan fingerprint density at radius 2 is 2.17 bits per heavy atom. The molecule has 4 rings (SSSR count). The lowest BCUT2D eigenvalue weighted by atomic mass is 9.97. The standard InChI is InChI=1S/C19H23N3O/c1-22(12-18-16-7-4-8-17(16)20-21-18)19(23)11-14-10-9-13-5-2-3-6-15(13)14/h2-3,5-6,14H,4,7-12H2,1H3,(H,20,21). The van der Waals surface area contributed by atoms with E-state index >= 15 is 0 Å². The molecule has 1 N–H and O–H groups in total. The zero-order valence-electron chi connectivity index (χ0n) is 13.6. The van der Waals surface area contributed by atoms with E-state index in [1.807, 2.05) is 11.9 Å². The average Bonchev–Trinajstić information content (AvgIpc) is 3.25. The number of rotatable bonds is 4. The summed E-state index contributed by atoms with van der Waals surface area (Å²) in [6.07, 6.45) is 6.20. The molecule has 4 nitrogen and oxygen atoms in total. The molecule has 0 saturated carbocycles. The van der Waals surface area contributed by atoms with Gasteiger partial charge in [-0.05, 0) is 54.7 Å². The topological polar surface area (TPSA) is 49.0 Å². The first-order valence-electron chi connectivity index (χ1n) is 8.59. The number of benzene rings is 1. The number of fused-ring (bicyclic) bond motifs is 2. The highest BCUT2D eigenvalue weighted by molar-refractivity contribution is 5.77. The molecule has 0 aliphatic heterocycles. The van der Waals surface area contributed by atoms with Crippen LogP contribution in [0.15, 0.2) is 24.3 Å². The predicted molar refractivity (Wildman–Crippen MR) is 89.2 cm³/mol. The second kappa shape index (κ2) is 5.84. The molecule has 0 bridgehead atoms. The second-order valence-electron chi connectivity index (χ2n) is 6.87. The van der Waals surface area contributed by atoms with Gasteiger partial charge in [-0.25, -0.2) is 0 Å². The van der Waals surface area contributed by atoms with Crippen LogP contribution in [0.5, 0.6) is 0 Å².